The van der Waals surface area contributed by atoms with Crippen molar-refractivity contribution < 1.29 is 14.7 Å². The van der Waals surface area contributed by atoms with Gasteiger partial charge in [-0.1, -0.05) is 38.1 Å². The Morgan fingerprint density at radius 1 is 1.21 bits per heavy atom. The first kappa shape index (κ1) is 23.5. The Bertz CT molecular complexity index is 1110. The van der Waals surface area contributed by atoms with Gasteiger partial charge in [-0.25, -0.2) is 4.98 Å². The maximum Gasteiger partial charge on any atom is 0.305 e. The quantitative estimate of drug-likeness (QED) is 0.237. The van der Waals surface area contributed by atoms with Crippen molar-refractivity contribution >= 4 is 29.1 Å². The predicted octanol–water partition coefficient (Wildman–Crippen LogP) is 3.48. The van der Waals surface area contributed by atoms with Crippen LogP contribution in [0.1, 0.15) is 49.0 Å². The summed E-state index contributed by atoms with van der Waals surface area (Å²) in [4.78, 5) is 33.3. The minimum atomic E-state index is -1.02. The fourth-order valence-corrected chi connectivity index (χ4v) is 3.54. The number of nitrogen functional groups attached to an aromatic ring is 1. The van der Waals surface area contributed by atoms with E-state index in [1.54, 1.807) is 29.2 Å². The van der Waals surface area contributed by atoms with E-state index >= 15 is 0 Å². The Labute approximate surface area is 192 Å². The number of hydrogen-bond acceptors (Lipinski definition) is 5. The lowest BCUT2D eigenvalue weighted by molar-refractivity contribution is -0.137. The Morgan fingerprint density at radius 3 is 2.52 bits per heavy atom. The summed E-state index contributed by atoms with van der Waals surface area (Å²) in [6.07, 6.45) is 2.74. The zero-order valence-electron chi connectivity index (χ0n) is 18.6. The van der Waals surface area contributed by atoms with Crippen molar-refractivity contribution in [2.24, 2.45) is 5.73 Å². The number of nitrogens with two attached hydrogens (primary N) is 1. The summed E-state index contributed by atoms with van der Waals surface area (Å²) in [6, 6.07) is 13.7. The number of amides is 1. The van der Waals surface area contributed by atoms with Crippen LogP contribution in [0.25, 0.3) is 0 Å². The van der Waals surface area contributed by atoms with Gasteiger partial charge in [-0.2, -0.15) is 0 Å². The van der Waals surface area contributed by atoms with Crippen LogP contribution in [-0.2, 0) is 9.59 Å². The van der Waals surface area contributed by atoms with Crippen molar-refractivity contribution in [3.8, 4) is 0 Å². The number of aromatic amines is 1. The summed E-state index contributed by atoms with van der Waals surface area (Å²) < 4.78 is 0. The van der Waals surface area contributed by atoms with Crippen LogP contribution >= 0.6 is 0 Å². The van der Waals surface area contributed by atoms with Crippen LogP contribution in [0.4, 0.5) is 11.4 Å². The molecule has 1 heterocycles. The van der Waals surface area contributed by atoms with E-state index in [9.17, 15) is 14.7 Å². The molecule has 3 aromatic rings. The second-order valence-electron chi connectivity index (χ2n) is 8.04. The Kier molecular flexibility index (Phi) is 7.45. The number of anilines is 2. The Hall–Kier alpha value is -4.14. The molecule has 0 spiro atoms. The number of H-pyrrole nitrogens is 1. The van der Waals surface area contributed by atoms with Crippen LogP contribution in [0.15, 0.2) is 61.1 Å². The molecule has 9 heteroatoms. The van der Waals surface area contributed by atoms with Gasteiger partial charge in [0.25, 0.3) is 0 Å². The molecule has 1 amide bonds. The third-order valence-electron chi connectivity index (χ3n) is 5.29. The van der Waals surface area contributed by atoms with E-state index in [0.29, 0.717) is 28.6 Å². The average molecular weight is 449 g/mol. The molecule has 1 aromatic heterocycles. The van der Waals surface area contributed by atoms with Crippen molar-refractivity contribution in [2.75, 3.05) is 16.8 Å². The highest BCUT2D eigenvalue weighted by Crippen LogP contribution is 2.29. The molecule has 3 rings (SSSR count). The minimum absolute atomic E-state index is 0.121. The summed E-state index contributed by atoms with van der Waals surface area (Å²) in [7, 11) is 0. The van der Waals surface area contributed by atoms with Crippen LogP contribution < -0.4 is 16.0 Å². The number of carboxylic acid groups (broad SMARTS) is 1. The van der Waals surface area contributed by atoms with Gasteiger partial charge in [0, 0.05) is 16.9 Å². The van der Waals surface area contributed by atoms with E-state index in [1.807, 2.05) is 24.3 Å². The number of rotatable bonds is 10. The van der Waals surface area contributed by atoms with E-state index in [0.717, 1.165) is 5.56 Å². The fourth-order valence-electron chi connectivity index (χ4n) is 3.54. The first-order valence-corrected chi connectivity index (χ1v) is 10.6. The van der Waals surface area contributed by atoms with Gasteiger partial charge in [0.1, 0.15) is 5.84 Å². The van der Waals surface area contributed by atoms with Gasteiger partial charge in [0.05, 0.1) is 37.2 Å². The maximum absolute atomic E-state index is 13.0. The van der Waals surface area contributed by atoms with Gasteiger partial charge in [-0.05, 0) is 35.7 Å². The molecule has 0 saturated carbocycles. The van der Waals surface area contributed by atoms with Crippen LogP contribution in [0.3, 0.4) is 0 Å². The van der Waals surface area contributed by atoms with Gasteiger partial charge in [-0.15, -0.1) is 0 Å². The Morgan fingerprint density at radius 2 is 1.94 bits per heavy atom. The normalized spacial score (nSPS) is 11.7. The highest BCUT2D eigenvalue weighted by molar-refractivity contribution is 5.97. The van der Waals surface area contributed by atoms with E-state index in [1.165, 1.54) is 12.5 Å². The number of carbonyl (C=O) groups excluding carboxylic acids is 1. The standard InChI is InChI=1S/C24H28N6O3/c1-15(2)16-6-8-18(9-7-16)29-22(31)13-30(19-5-3-4-17(10-19)24(25)26)21(11-23(32)33)20-12-27-14-28-20/h3-10,12,14-15,21H,11,13H2,1-2H3,(H3,25,26)(H,27,28)(H,29,31)(H,32,33). The van der Waals surface area contributed by atoms with Crippen LogP contribution in [0.2, 0.25) is 0 Å². The van der Waals surface area contributed by atoms with Crippen molar-refractivity contribution in [3.63, 3.8) is 0 Å². The number of hydrogen-bond donors (Lipinski definition) is 5. The number of amidine groups is 1. The lowest BCUT2D eigenvalue weighted by Gasteiger charge is -2.32. The first-order chi connectivity index (χ1) is 15.7. The molecule has 0 aliphatic carbocycles. The van der Waals surface area contributed by atoms with E-state index < -0.39 is 12.0 Å². The molecule has 0 aliphatic rings. The molecule has 0 fully saturated rings. The second-order valence-corrected chi connectivity index (χ2v) is 8.04. The smallest absolute Gasteiger partial charge is 0.305 e. The summed E-state index contributed by atoms with van der Waals surface area (Å²) in [6.45, 7) is 4.07. The van der Waals surface area contributed by atoms with Crippen LogP contribution in [0, 0.1) is 5.41 Å². The Balaban J connectivity index is 1.92. The number of benzene rings is 2. The number of nitrogens with one attached hydrogen (secondary N) is 3. The number of imidazole rings is 1. The van der Waals surface area contributed by atoms with Crippen molar-refractivity contribution in [2.45, 2.75) is 32.2 Å². The molecular weight excluding hydrogens is 420 g/mol. The van der Waals surface area contributed by atoms with Crippen LogP contribution in [-0.4, -0.2) is 39.3 Å². The van der Waals surface area contributed by atoms with Gasteiger partial charge < -0.3 is 26.0 Å². The third-order valence-corrected chi connectivity index (χ3v) is 5.29. The number of aromatic nitrogens is 2. The van der Waals surface area contributed by atoms with Gasteiger partial charge >= 0.3 is 5.97 Å². The summed E-state index contributed by atoms with van der Waals surface area (Å²) in [5.41, 5.74) is 9.05. The summed E-state index contributed by atoms with van der Waals surface area (Å²) in [5.74, 6) is -1.07. The molecule has 1 unspecified atom stereocenters. The predicted molar refractivity (Wildman–Crippen MR) is 128 cm³/mol. The first-order valence-electron chi connectivity index (χ1n) is 10.6. The number of carbonyl (C=O) groups is 2. The molecule has 6 N–H and O–H groups in total. The summed E-state index contributed by atoms with van der Waals surface area (Å²) in [5, 5.41) is 20.2. The third kappa shape index (κ3) is 6.19. The molecule has 0 bridgehead atoms. The zero-order valence-corrected chi connectivity index (χ0v) is 18.6. The number of carboxylic acids is 1. The molecule has 0 saturated heterocycles. The topological polar surface area (TPSA) is 148 Å². The van der Waals surface area contributed by atoms with Crippen molar-refractivity contribution in [1.29, 1.82) is 5.41 Å². The number of nitrogens with zero attached hydrogens (tertiary/aromatic N) is 2. The van der Waals surface area contributed by atoms with E-state index in [4.69, 9.17) is 11.1 Å². The molecule has 0 aliphatic heterocycles. The molecule has 1 atom stereocenters. The van der Waals surface area contributed by atoms with Crippen molar-refractivity contribution in [3.05, 3.63) is 77.9 Å². The van der Waals surface area contributed by atoms with Gasteiger partial charge in [0.2, 0.25) is 5.91 Å². The number of aliphatic carboxylic acids is 1. The fraction of sp³-hybridized carbons (Fsp3) is 0.250. The SMILES string of the molecule is CC(C)c1ccc(NC(=O)CN(c2cccc(C(=N)N)c2)C(CC(=O)O)c2cnc[nH]2)cc1. The average Bonchev–Trinajstić information content (AvgIpc) is 3.31. The second kappa shape index (κ2) is 10.4. The summed E-state index contributed by atoms with van der Waals surface area (Å²) >= 11 is 0. The lowest BCUT2D eigenvalue weighted by atomic mass is 10.0. The largest absolute Gasteiger partial charge is 0.481 e. The molecule has 172 valence electrons. The van der Waals surface area contributed by atoms with Crippen molar-refractivity contribution in [1.82, 2.24) is 9.97 Å². The zero-order chi connectivity index (χ0) is 24.0. The van der Waals surface area contributed by atoms with E-state index in [-0.39, 0.29) is 24.7 Å². The maximum atomic E-state index is 13.0. The monoisotopic (exact) mass is 448 g/mol. The highest BCUT2D eigenvalue weighted by Gasteiger charge is 2.27. The minimum Gasteiger partial charge on any atom is -0.481 e. The molecule has 33 heavy (non-hydrogen) atoms. The van der Waals surface area contributed by atoms with Gasteiger partial charge in [-0.3, -0.25) is 15.0 Å². The van der Waals surface area contributed by atoms with Gasteiger partial charge in [0.15, 0.2) is 0 Å². The molecule has 9 nitrogen and oxygen atoms in total. The van der Waals surface area contributed by atoms with Crippen LogP contribution in [0.5, 0.6) is 0 Å². The molecule has 2 aromatic carbocycles. The molecule has 0 radical (unpaired) electrons. The van der Waals surface area contributed by atoms with E-state index in [2.05, 4.69) is 29.1 Å². The lowest BCUT2D eigenvalue weighted by Crippen LogP contribution is -2.37. The molecular formula is C24H28N6O3. The highest BCUT2D eigenvalue weighted by atomic mass is 16.4.